The molecule has 1 fully saturated rings. The predicted octanol–water partition coefficient (Wildman–Crippen LogP) is 4.08. The lowest BCUT2D eigenvalue weighted by Crippen LogP contribution is -2.36. The molecule has 158 valence electrons. The zero-order valence-electron chi connectivity index (χ0n) is 17.5. The Hall–Kier alpha value is -2.73. The SMILES string of the molecule is CC1CCCN(CCCNC(=O)c2ccc3cnn(Cc4ccc(F)cc4)c3c2)C1. The Kier molecular flexibility index (Phi) is 6.43. The number of nitrogens with zero attached hydrogens (tertiary/aromatic N) is 3. The van der Waals surface area contributed by atoms with Gasteiger partial charge in [0.2, 0.25) is 0 Å². The molecular formula is C24H29FN4O. The summed E-state index contributed by atoms with van der Waals surface area (Å²) in [5.41, 5.74) is 2.49. The van der Waals surface area contributed by atoms with Gasteiger partial charge in [0.25, 0.3) is 5.91 Å². The van der Waals surface area contributed by atoms with Gasteiger partial charge in [-0.1, -0.05) is 25.1 Å². The van der Waals surface area contributed by atoms with E-state index in [1.54, 1.807) is 18.3 Å². The van der Waals surface area contributed by atoms with Crippen LogP contribution >= 0.6 is 0 Å². The summed E-state index contributed by atoms with van der Waals surface area (Å²) in [4.78, 5) is 15.1. The van der Waals surface area contributed by atoms with Gasteiger partial charge >= 0.3 is 0 Å². The minimum atomic E-state index is -0.252. The molecule has 1 aromatic heterocycles. The van der Waals surface area contributed by atoms with Gasteiger partial charge in [-0.15, -0.1) is 0 Å². The Labute approximate surface area is 176 Å². The molecule has 6 heteroatoms. The van der Waals surface area contributed by atoms with E-state index in [0.717, 1.165) is 35.3 Å². The Morgan fingerprint density at radius 2 is 2.07 bits per heavy atom. The minimum Gasteiger partial charge on any atom is -0.352 e. The first kappa shape index (κ1) is 20.5. The summed E-state index contributed by atoms with van der Waals surface area (Å²) in [6, 6.07) is 12.1. The maximum absolute atomic E-state index is 13.1. The number of rotatable bonds is 7. The molecule has 4 rings (SSSR count). The van der Waals surface area contributed by atoms with E-state index in [4.69, 9.17) is 0 Å². The Bertz CT molecular complexity index is 998. The molecule has 0 radical (unpaired) electrons. The second kappa shape index (κ2) is 9.39. The van der Waals surface area contributed by atoms with E-state index in [-0.39, 0.29) is 11.7 Å². The molecule has 1 aliphatic rings. The number of carbonyl (C=O) groups is 1. The van der Waals surface area contributed by atoms with Gasteiger partial charge in [-0.05, 0) is 68.1 Å². The number of carbonyl (C=O) groups excluding carboxylic acids is 1. The lowest BCUT2D eigenvalue weighted by molar-refractivity contribution is 0.0950. The van der Waals surface area contributed by atoms with Crippen LogP contribution in [0.5, 0.6) is 0 Å². The maximum Gasteiger partial charge on any atom is 0.251 e. The number of nitrogens with one attached hydrogen (secondary N) is 1. The molecule has 3 aromatic rings. The van der Waals surface area contributed by atoms with Crippen LogP contribution in [0.15, 0.2) is 48.7 Å². The number of halogens is 1. The van der Waals surface area contributed by atoms with Crippen molar-refractivity contribution in [1.82, 2.24) is 20.0 Å². The van der Waals surface area contributed by atoms with Gasteiger partial charge < -0.3 is 10.2 Å². The molecule has 0 spiro atoms. The van der Waals surface area contributed by atoms with Gasteiger partial charge in [-0.3, -0.25) is 9.48 Å². The second-order valence-corrected chi connectivity index (χ2v) is 8.36. The van der Waals surface area contributed by atoms with E-state index >= 15 is 0 Å². The van der Waals surface area contributed by atoms with E-state index in [2.05, 4.69) is 22.2 Å². The van der Waals surface area contributed by atoms with E-state index in [1.165, 1.54) is 38.1 Å². The third kappa shape index (κ3) is 5.05. The van der Waals surface area contributed by atoms with Crippen molar-refractivity contribution in [3.63, 3.8) is 0 Å². The van der Waals surface area contributed by atoms with Crippen molar-refractivity contribution in [2.75, 3.05) is 26.2 Å². The Balaban J connectivity index is 1.35. The van der Waals surface area contributed by atoms with Crippen molar-refractivity contribution in [2.45, 2.75) is 32.7 Å². The van der Waals surface area contributed by atoms with Crippen LogP contribution in [0, 0.1) is 11.7 Å². The van der Waals surface area contributed by atoms with Crippen LogP contribution in [-0.4, -0.2) is 46.8 Å². The highest BCUT2D eigenvalue weighted by Gasteiger charge is 2.15. The fourth-order valence-corrected chi connectivity index (χ4v) is 4.20. The fourth-order valence-electron chi connectivity index (χ4n) is 4.20. The average Bonchev–Trinajstić information content (AvgIpc) is 3.15. The quantitative estimate of drug-likeness (QED) is 0.600. The molecule has 5 nitrogen and oxygen atoms in total. The summed E-state index contributed by atoms with van der Waals surface area (Å²) in [5, 5.41) is 8.46. The lowest BCUT2D eigenvalue weighted by Gasteiger charge is -2.30. The second-order valence-electron chi connectivity index (χ2n) is 8.36. The zero-order chi connectivity index (χ0) is 20.9. The molecule has 1 aliphatic heterocycles. The molecule has 2 heterocycles. The normalized spacial score (nSPS) is 17.3. The van der Waals surface area contributed by atoms with E-state index < -0.39 is 0 Å². The third-order valence-electron chi connectivity index (χ3n) is 5.83. The zero-order valence-corrected chi connectivity index (χ0v) is 17.5. The largest absolute Gasteiger partial charge is 0.352 e. The molecular weight excluding hydrogens is 379 g/mol. The molecule has 1 saturated heterocycles. The summed E-state index contributed by atoms with van der Waals surface area (Å²) in [7, 11) is 0. The maximum atomic E-state index is 13.1. The number of benzene rings is 2. The standard InChI is InChI=1S/C24H29FN4O/c1-18-4-2-12-28(16-18)13-3-11-26-24(30)20-7-8-21-15-27-29(23(21)14-20)17-19-5-9-22(25)10-6-19/h5-10,14-15,18H,2-4,11-13,16-17H2,1H3,(H,26,30). The van der Waals surface area contributed by atoms with Gasteiger partial charge in [0, 0.05) is 24.0 Å². The van der Waals surface area contributed by atoms with Crippen LogP contribution in [0.1, 0.15) is 42.1 Å². The summed E-state index contributed by atoms with van der Waals surface area (Å²) >= 11 is 0. The Morgan fingerprint density at radius 1 is 1.23 bits per heavy atom. The van der Waals surface area contributed by atoms with Gasteiger partial charge in [0.15, 0.2) is 0 Å². The first-order valence-corrected chi connectivity index (χ1v) is 10.8. The van der Waals surface area contributed by atoms with Crippen LogP contribution in [0.25, 0.3) is 10.9 Å². The van der Waals surface area contributed by atoms with E-state index in [1.807, 2.05) is 22.9 Å². The highest BCUT2D eigenvalue weighted by molar-refractivity contribution is 5.97. The molecule has 30 heavy (non-hydrogen) atoms. The molecule has 1 atom stereocenters. The summed E-state index contributed by atoms with van der Waals surface area (Å²) in [6.07, 6.45) is 5.36. The summed E-state index contributed by atoms with van der Waals surface area (Å²) in [5.74, 6) is 0.469. The minimum absolute atomic E-state index is 0.0570. The molecule has 1 amide bonds. The molecule has 2 aromatic carbocycles. The lowest BCUT2D eigenvalue weighted by atomic mass is 10.0. The molecule has 1 N–H and O–H groups in total. The number of hydrogen-bond acceptors (Lipinski definition) is 3. The number of hydrogen-bond donors (Lipinski definition) is 1. The number of piperidine rings is 1. The van der Waals surface area contributed by atoms with Crippen LogP contribution in [0.3, 0.4) is 0 Å². The number of likely N-dealkylation sites (tertiary alicyclic amines) is 1. The first-order valence-electron chi connectivity index (χ1n) is 10.8. The smallest absolute Gasteiger partial charge is 0.251 e. The summed E-state index contributed by atoms with van der Waals surface area (Å²) in [6.45, 7) is 6.90. The van der Waals surface area contributed by atoms with Gasteiger partial charge in [-0.25, -0.2) is 4.39 Å². The third-order valence-corrected chi connectivity index (χ3v) is 5.83. The van der Waals surface area contributed by atoms with E-state index in [9.17, 15) is 9.18 Å². The molecule has 0 saturated carbocycles. The van der Waals surface area contributed by atoms with Crippen molar-refractivity contribution < 1.29 is 9.18 Å². The van der Waals surface area contributed by atoms with Crippen molar-refractivity contribution in [2.24, 2.45) is 5.92 Å². The summed E-state index contributed by atoms with van der Waals surface area (Å²) < 4.78 is 15.0. The highest BCUT2D eigenvalue weighted by atomic mass is 19.1. The number of amides is 1. The number of aromatic nitrogens is 2. The molecule has 1 unspecified atom stereocenters. The van der Waals surface area contributed by atoms with E-state index in [0.29, 0.717) is 18.7 Å². The van der Waals surface area contributed by atoms with Crippen LogP contribution in [0.2, 0.25) is 0 Å². The van der Waals surface area contributed by atoms with Gasteiger partial charge in [0.05, 0.1) is 18.3 Å². The van der Waals surface area contributed by atoms with Gasteiger partial charge in [0.1, 0.15) is 5.82 Å². The van der Waals surface area contributed by atoms with Crippen LogP contribution in [0.4, 0.5) is 4.39 Å². The predicted molar refractivity (Wildman–Crippen MR) is 117 cm³/mol. The first-order chi connectivity index (χ1) is 14.6. The highest BCUT2D eigenvalue weighted by Crippen LogP contribution is 2.18. The topological polar surface area (TPSA) is 50.2 Å². The fraction of sp³-hybridized carbons (Fsp3) is 0.417. The van der Waals surface area contributed by atoms with Crippen molar-refractivity contribution in [3.05, 3.63) is 65.6 Å². The van der Waals surface area contributed by atoms with Crippen molar-refractivity contribution in [3.8, 4) is 0 Å². The molecule has 0 aliphatic carbocycles. The average molecular weight is 409 g/mol. The Morgan fingerprint density at radius 3 is 2.87 bits per heavy atom. The van der Waals surface area contributed by atoms with Crippen LogP contribution in [-0.2, 0) is 6.54 Å². The van der Waals surface area contributed by atoms with Crippen molar-refractivity contribution in [1.29, 1.82) is 0 Å². The van der Waals surface area contributed by atoms with Crippen molar-refractivity contribution >= 4 is 16.8 Å². The number of fused-ring (bicyclic) bond motifs is 1. The van der Waals surface area contributed by atoms with Crippen LogP contribution < -0.4 is 5.32 Å². The van der Waals surface area contributed by atoms with Gasteiger partial charge in [-0.2, -0.15) is 5.10 Å². The monoisotopic (exact) mass is 408 g/mol. The molecule has 0 bridgehead atoms.